The number of rotatable bonds is 4. The van der Waals surface area contributed by atoms with Gasteiger partial charge in [-0.3, -0.25) is 9.59 Å². The number of carbonyl (C=O) groups is 2. The highest BCUT2D eigenvalue weighted by Gasteiger charge is 2.15. The number of benzene rings is 3. The molecule has 6 heteroatoms. The van der Waals surface area contributed by atoms with E-state index in [0.29, 0.717) is 28.5 Å². The fourth-order valence-corrected chi connectivity index (χ4v) is 3.05. The second-order valence-corrected chi connectivity index (χ2v) is 6.54. The van der Waals surface area contributed by atoms with Gasteiger partial charge in [0.1, 0.15) is 11.3 Å². The first kappa shape index (κ1) is 18.4. The van der Waals surface area contributed by atoms with Gasteiger partial charge in [0.05, 0.1) is 0 Å². The van der Waals surface area contributed by atoms with Gasteiger partial charge in [-0.15, -0.1) is 0 Å². The number of ether oxygens (including phenoxy) is 1. The van der Waals surface area contributed by atoms with Gasteiger partial charge in [0.25, 0.3) is 5.91 Å². The Morgan fingerprint density at radius 1 is 1.00 bits per heavy atom. The summed E-state index contributed by atoms with van der Waals surface area (Å²) in [7, 11) is 0. The number of hydrogen-bond donors (Lipinski definition) is 1. The molecule has 0 atom stereocenters. The first-order valence-electron chi connectivity index (χ1n) is 9.06. The molecule has 0 spiro atoms. The van der Waals surface area contributed by atoms with E-state index in [0.717, 1.165) is 16.6 Å². The molecule has 1 heterocycles. The van der Waals surface area contributed by atoms with Gasteiger partial charge < -0.3 is 14.5 Å². The summed E-state index contributed by atoms with van der Waals surface area (Å²) in [6, 6.07) is 19.6. The van der Waals surface area contributed by atoms with Crippen molar-refractivity contribution in [2.75, 3.05) is 5.32 Å². The number of esters is 1. The van der Waals surface area contributed by atoms with Crippen molar-refractivity contribution in [1.82, 2.24) is 4.98 Å². The van der Waals surface area contributed by atoms with E-state index in [4.69, 9.17) is 9.15 Å². The van der Waals surface area contributed by atoms with Crippen LogP contribution in [-0.2, 0) is 4.79 Å². The minimum atomic E-state index is -0.440. The van der Waals surface area contributed by atoms with Crippen LogP contribution in [0, 0.1) is 6.92 Å². The van der Waals surface area contributed by atoms with Gasteiger partial charge in [-0.1, -0.05) is 24.3 Å². The monoisotopic (exact) mass is 386 g/mol. The quantitative estimate of drug-likeness (QED) is 0.395. The van der Waals surface area contributed by atoms with Gasteiger partial charge in [-0.2, -0.15) is 0 Å². The summed E-state index contributed by atoms with van der Waals surface area (Å²) < 4.78 is 10.9. The van der Waals surface area contributed by atoms with Crippen LogP contribution in [0.2, 0.25) is 0 Å². The molecule has 4 rings (SSSR count). The Morgan fingerprint density at radius 3 is 2.59 bits per heavy atom. The van der Waals surface area contributed by atoms with Crippen LogP contribution in [0.5, 0.6) is 5.75 Å². The van der Waals surface area contributed by atoms with E-state index in [1.165, 1.54) is 13.0 Å². The molecule has 0 fully saturated rings. The van der Waals surface area contributed by atoms with Crippen LogP contribution in [0.3, 0.4) is 0 Å². The number of carbonyl (C=O) groups excluding carboxylic acids is 2. The third-order valence-corrected chi connectivity index (χ3v) is 4.46. The van der Waals surface area contributed by atoms with E-state index >= 15 is 0 Å². The number of aromatic nitrogens is 1. The minimum Gasteiger partial charge on any atom is -0.436 e. The third kappa shape index (κ3) is 3.87. The van der Waals surface area contributed by atoms with Crippen molar-refractivity contribution in [3.63, 3.8) is 0 Å². The lowest BCUT2D eigenvalue weighted by Crippen LogP contribution is -2.13. The molecule has 0 aliphatic rings. The van der Waals surface area contributed by atoms with E-state index in [1.54, 1.807) is 18.2 Å². The molecule has 0 saturated heterocycles. The largest absolute Gasteiger partial charge is 0.436 e. The maximum atomic E-state index is 12.7. The normalized spacial score (nSPS) is 10.7. The molecule has 0 unspecified atom stereocenters. The second-order valence-electron chi connectivity index (χ2n) is 6.54. The van der Waals surface area contributed by atoms with Crippen LogP contribution >= 0.6 is 0 Å². The maximum Gasteiger partial charge on any atom is 0.308 e. The fraction of sp³-hybridized carbons (Fsp3) is 0.0870. The average Bonchev–Trinajstić information content (AvgIpc) is 3.13. The first-order chi connectivity index (χ1) is 14.0. The number of hydrogen-bond acceptors (Lipinski definition) is 5. The number of amides is 1. The van der Waals surface area contributed by atoms with Crippen molar-refractivity contribution < 1.29 is 18.7 Å². The molecule has 1 amide bonds. The molecule has 0 bridgehead atoms. The molecule has 0 aliphatic carbocycles. The van der Waals surface area contributed by atoms with Gasteiger partial charge in [-0.05, 0) is 55.0 Å². The molecule has 0 saturated carbocycles. The van der Waals surface area contributed by atoms with Gasteiger partial charge in [0, 0.05) is 23.7 Å². The van der Waals surface area contributed by atoms with E-state index in [9.17, 15) is 9.59 Å². The highest BCUT2D eigenvalue weighted by Crippen LogP contribution is 2.30. The zero-order valence-corrected chi connectivity index (χ0v) is 15.9. The lowest BCUT2D eigenvalue weighted by atomic mass is 10.1. The highest BCUT2D eigenvalue weighted by atomic mass is 16.5. The highest BCUT2D eigenvalue weighted by molar-refractivity contribution is 6.05. The molecule has 29 heavy (non-hydrogen) atoms. The maximum absolute atomic E-state index is 12.7. The SMILES string of the molecule is CC(=O)Oc1cccc(C(=O)Nc2cccc(-c3nc4ccccc4o3)c2C)c1. The lowest BCUT2D eigenvalue weighted by Gasteiger charge is -2.11. The summed E-state index contributed by atoms with van der Waals surface area (Å²) in [6.45, 7) is 3.21. The van der Waals surface area contributed by atoms with Gasteiger partial charge in [0.15, 0.2) is 5.58 Å². The van der Waals surface area contributed by atoms with Gasteiger partial charge in [-0.25, -0.2) is 4.98 Å². The van der Waals surface area contributed by atoms with Crippen molar-refractivity contribution in [2.24, 2.45) is 0 Å². The van der Waals surface area contributed by atoms with E-state index < -0.39 is 5.97 Å². The van der Waals surface area contributed by atoms with E-state index in [-0.39, 0.29) is 5.91 Å². The summed E-state index contributed by atoms with van der Waals surface area (Å²) in [5.41, 5.74) is 4.15. The average molecular weight is 386 g/mol. The van der Waals surface area contributed by atoms with Crippen LogP contribution in [0.15, 0.2) is 71.1 Å². The molecule has 6 nitrogen and oxygen atoms in total. The zero-order chi connectivity index (χ0) is 20.4. The molecule has 3 aromatic carbocycles. The number of para-hydroxylation sites is 2. The Morgan fingerprint density at radius 2 is 1.79 bits per heavy atom. The van der Waals surface area contributed by atoms with Crippen LogP contribution in [0.1, 0.15) is 22.8 Å². The van der Waals surface area contributed by atoms with E-state index in [1.807, 2.05) is 49.4 Å². The standard InChI is InChI=1S/C23H18N2O4/c1-14-18(23-25-20-10-3-4-12-21(20)29-23)9-6-11-19(14)24-22(27)16-7-5-8-17(13-16)28-15(2)26/h3-13H,1-2H3,(H,24,27). The second kappa shape index (κ2) is 7.59. The molecule has 0 aliphatic heterocycles. The van der Waals surface area contributed by atoms with Crippen molar-refractivity contribution in [3.8, 4) is 17.2 Å². The van der Waals surface area contributed by atoms with Crippen molar-refractivity contribution >= 4 is 28.7 Å². The molecule has 4 aromatic rings. The molecule has 1 aromatic heterocycles. The number of nitrogens with one attached hydrogen (secondary N) is 1. The summed E-state index contributed by atoms with van der Waals surface area (Å²) in [4.78, 5) is 28.4. The number of oxazole rings is 1. The molecular weight excluding hydrogens is 368 g/mol. The predicted octanol–water partition coefficient (Wildman–Crippen LogP) is 4.98. The topological polar surface area (TPSA) is 81.4 Å². The van der Waals surface area contributed by atoms with Crippen molar-refractivity contribution in [3.05, 3.63) is 77.9 Å². The van der Waals surface area contributed by atoms with Gasteiger partial charge >= 0.3 is 5.97 Å². The summed E-state index contributed by atoms with van der Waals surface area (Å²) in [6.07, 6.45) is 0. The molecule has 144 valence electrons. The van der Waals surface area contributed by atoms with Crippen LogP contribution < -0.4 is 10.1 Å². The Kier molecular flexibility index (Phi) is 4.83. The Labute approximate surface area is 167 Å². The van der Waals surface area contributed by atoms with Crippen LogP contribution in [0.4, 0.5) is 5.69 Å². The van der Waals surface area contributed by atoms with Crippen molar-refractivity contribution in [1.29, 1.82) is 0 Å². The molecule has 1 N–H and O–H groups in total. The number of nitrogens with zero attached hydrogens (tertiary/aromatic N) is 1. The Bertz CT molecular complexity index is 1190. The summed E-state index contributed by atoms with van der Waals surface area (Å²) in [5, 5.41) is 2.90. The van der Waals surface area contributed by atoms with Crippen LogP contribution in [-0.4, -0.2) is 16.9 Å². The zero-order valence-electron chi connectivity index (χ0n) is 15.9. The molecular formula is C23H18N2O4. The fourth-order valence-electron chi connectivity index (χ4n) is 3.05. The lowest BCUT2D eigenvalue weighted by molar-refractivity contribution is -0.131. The van der Waals surface area contributed by atoms with Gasteiger partial charge in [0.2, 0.25) is 5.89 Å². The number of anilines is 1. The van der Waals surface area contributed by atoms with E-state index in [2.05, 4.69) is 10.3 Å². The van der Waals surface area contributed by atoms with Crippen LogP contribution in [0.25, 0.3) is 22.6 Å². The number of fused-ring (bicyclic) bond motifs is 1. The Hall–Kier alpha value is -3.93. The molecule has 0 radical (unpaired) electrons. The van der Waals surface area contributed by atoms with Crippen molar-refractivity contribution in [2.45, 2.75) is 13.8 Å². The minimum absolute atomic E-state index is 0.309. The third-order valence-electron chi connectivity index (χ3n) is 4.46. The first-order valence-corrected chi connectivity index (χ1v) is 9.06. The Balaban J connectivity index is 1.62. The smallest absolute Gasteiger partial charge is 0.308 e. The summed E-state index contributed by atoms with van der Waals surface area (Å²) in [5.74, 6) is 0.0695. The summed E-state index contributed by atoms with van der Waals surface area (Å²) >= 11 is 0. The predicted molar refractivity (Wildman–Crippen MR) is 110 cm³/mol.